The molecule has 2 unspecified atom stereocenters. The molecule has 0 aromatic carbocycles. The number of dihydropyridines is 1. The number of fused-ring (bicyclic) bond motifs is 2. The summed E-state index contributed by atoms with van der Waals surface area (Å²) in [4.78, 5) is 20.8. The van der Waals surface area contributed by atoms with Crippen LogP contribution in [0.3, 0.4) is 0 Å². The first-order valence-corrected chi connectivity index (χ1v) is 8.60. The first-order chi connectivity index (χ1) is 13.2. The van der Waals surface area contributed by atoms with E-state index in [2.05, 4.69) is 24.9 Å². The van der Waals surface area contributed by atoms with Crippen LogP contribution in [0.25, 0.3) is 22.3 Å². The lowest BCUT2D eigenvalue weighted by atomic mass is 9.75. The molecule has 0 spiro atoms. The van der Waals surface area contributed by atoms with Crippen LogP contribution in [0, 0.1) is 0 Å². The largest absolute Gasteiger partial charge is 0.346 e. The van der Waals surface area contributed by atoms with Crippen LogP contribution >= 0.6 is 0 Å². The second kappa shape index (κ2) is 5.80. The number of pyridine rings is 1. The van der Waals surface area contributed by atoms with Gasteiger partial charge < -0.3 is 16.5 Å². The topological polar surface area (TPSA) is 119 Å². The Hall–Kier alpha value is -3.42. The van der Waals surface area contributed by atoms with Crippen molar-refractivity contribution < 1.29 is 0 Å². The highest BCUT2D eigenvalue weighted by molar-refractivity contribution is 5.91. The molecule has 0 radical (unpaired) electrons. The molecule has 2 aliphatic rings. The minimum atomic E-state index is -0.932. The average Bonchev–Trinajstić information content (AvgIpc) is 3.18. The Labute approximate surface area is 155 Å². The van der Waals surface area contributed by atoms with Gasteiger partial charge >= 0.3 is 0 Å². The molecule has 0 saturated heterocycles. The molecule has 5 rings (SSSR count). The predicted molar refractivity (Wildman–Crippen MR) is 105 cm³/mol. The third kappa shape index (κ3) is 2.29. The first kappa shape index (κ1) is 15.8. The SMILES string of the molecule is NC1N=CC=C2C1=CC=CC2(N)c1ncccc1-c1ncnc2[nH]ccc12. The van der Waals surface area contributed by atoms with Crippen LogP contribution in [0.5, 0.6) is 0 Å². The summed E-state index contributed by atoms with van der Waals surface area (Å²) in [6.07, 6.45) is 14.1. The van der Waals surface area contributed by atoms with Gasteiger partial charge in [0, 0.05) is 29.6 Å². The van der Waals surface area contributed by atoms with Crippen LogP contribution in [0.4, 0.5) is 0 Å². The highest BCUT2D eigenvalue weighted by Gasteiger charge is 2.38. The number of rotatable bonds is 2. The van der Waals surface area contributed by atoms with E-state index in [1.54, 1.807) is 18.7 Å². The maximum atomic E-state index is 6.93. The molecule has 132 valence electrons. The van der Waals surface area contributed by atoms with E-state index in [1.165, 1.54) is 0 Å². The van der Waals surface area contributed by atoms with Crippen molar-refractivity contribution in [3.05, 3.63) is 78.1 Å². The summed E-state index contributed by atoms with van der Waals surface area (Å²) in [5.41, 5.74) is 17.1. The molecule has 3 aromatic heterocycles. The molecule has 0 fully saturated rings. The maximum absolute atomic E-state index is 6.93. The van der Waals surface area contributed by atoms with Crippen LogP contribution in [0.15, 0.2) is 77.4 Å². The zero-order valence-corrected chi connectivity index (χ0v) is 14.4. The van der Waals surface area contributed by atoms with E-state index >= 15 is 0 Å². The van der Waals surface area contributed by atoms with Gasteiger partial charge in [0.15, 0.2) is 0 Å². The maximum Gasteiger partial charge on any atom is 0.141 e. The van der Waals surface area contributed by atoms with E-state index in [1.807, 2.05) is 48.7 Å². The zero-order valence-electron chi connectivity index (χ0n) is 14.4. The summed E-state index contributed by atoms with van der Waals surface area (Å²) < 4.78 is 0. The van der Waals surface area contributed by atoms with E-state index in [-0.39, 0.29) is 0 Å². The smallest absolute Gasteiger partial charge is 0.141 e. The fourth-order valence-electron chi connectivity index (χ4n) is 3.72. The lowest BCUT2D eigenvalue weighted by Gasteiger charge is -2.36. The Morgan fingerprint density at radius 2 is 2.04 bits per heavy atom. The van der Waals surface area contributed by atoms with Crippen LogP contribution in [-0.2, 0) is 5.54 Å². The van der Waals surface area contributed by atoms with Crippen molar-refractivity contribution in [2.24, 2.45) is 16.5 Å². The first-order valence-electron chi connectivity index (χ1n) is 8.60. The Bertz CT molecular complexity index is 1170. The molecular formula is C20H17N7. The van der Waals surface area contributed by atoms with Crippen molar-refractivity contribution in [2.45, 2.75) is 11.7 Å². The van der Waals surface area contributed by atoms with Gasteiger partial charge in [-0.05, 0) is 35.4 Å². The van der Waals surface area contributed by atoms with Crippen molar-refractivity contribution in [3.63, 3.8) is 0 Å². The minimum Gasteiger partial charge on any atom is -0.346 e. The number of hydrogen-bond acceptors (Lipinski definition) is 6. The Morgan fingerprint density at radius 3 is 2.96 bits per heavy atom. The summed E-state index contributed by atoms with van der Waals surface area (Å²) in [5.74, 6) is 0. The second-order valence-corrected chi connectivity index (χ2v) is 6.54. The molecule has 7 nitrogen and oxygen atoms in total. The monoisotopic (exact) mass is 355 g/mol. The van der Waals surface area contributed by atoms with Crippen LogP contribution in [0.1, 0.15) is 5.69 Å². The van der Waals surface area contributed by atoms with Crippen molar-refractivity contribution in [1.82, 2.24) is 19.9 Å². The van der Waals surface area contributed by atoms with E-state index < -0.39 is 11.7 Å². The molecule has 4 heterocycles. The number of aromatic nitrogens is 4. The number of hydrogen-bond donors (Lipinski definition) is 3. The van der Waals surface area contributed by atoms with Gasteiger partial charge in [-0.25, -0.2) is 9.97 Å². The molecule has 0 amide bonds. The van der Waals surface area contributed by atoms with Gasteiger partial charge in [0.1, 0.15) is 23.7 Å². The highest BCUT2D eigenvalue weighted by Crippen LogP contribution is 2.41. The summed E-state index contributed by atoms with van der Waals surface area (Å²) >= 11 is 0. The fourth-order valence-corrected chi connectivity index (χ4v) is 3.72. The molecule has 3 aromatic rings. The van der Waals surface area contributed by atoms with Gasteiger partial charge in [-0.1, -0.05) is 18.2 Å². The molecule has 2 atom stereocenters. The highest BCUT2D eigenvalue weighted by atomic mass is 15.0. The van der Waals surface area contributed by atoms with E-state index in [0.29, 0.717) is 5.69 Å². The predicted octanol–water partition coefficient (Wildman–Crippen LogP) is 1.97. The Morgan fingerprint density at radius 1 is 1.11 bits per heavy atom. The number of allylic oxidation sites excluding steroid dienone is 3. The van der Waals surface area contributed by atoms with E-state index in [9.17, 15) is 0 Å². The van der Waals surface area contributed by atoms with Gasteiger partial charge in [-0.15, -0.1) is 0 Å². The van der Waals surface area contributed by atoms with Crippen LogP contribution < -0.4 is 11.5 Å². The molecule has 7 heteroatoms. The Balaban J connectivity index is 1.75. The van der Waals surface area contributed by atoms with Crippen LogP contribution in [-0.4, -0.2) is 32.3 Å². The molecule has 0 saturated carbocycles. The lowest BCUT2D eigenvalue weighted by molar-refractivity contribution is 0.620. The number of aliphatic imine (C=N–C) groups is 1. The van der Waals surface area contributed by atoms with Crippen molar-refractivity contribution in [2.75, 3.05) is 0 Å². The number of nitrogens with zero attached hydrogens (tertiary/aromatic N) is 4. The standard InChI is InChI=1S/C20H17N7/c21-18-12-3-1-7-20(22,15(12)6-10-24-18)17-13(4-2-8-23-17)16-14-5-9-25-19(14)27-11-26-16/h1-11,18H,21-22H2,(H,25,26,27). The van der Waals surface area contributed by atoms with Crippen molar-refractivity contribution in [1.29, 1.82) is 0 Å². The second-order valence-electron chi connectivity index (χ2n) is 6.54. The molecule has 1 aliphatic heterocycles. The zero-order chi connectivity index (χ0) is 18.4. The number of nitrogens with two attached hydrogens (primary N) is 2. The molecule has 1 aliphatic carbocycles. The Kier molecular flexibility index (Phi) is 3.40. The summed E-state index contributed by atoms with van der Waals surface area (Å²) in [6, 6.07) is 5.82. The number of nitrogens with one attached hydrogen (secondary N) is 1. The minimum absolute atomic E-state index is 0.430. The molecule has 5 N–H and O–H groups in total. The third-order valence-electron chi connectivity index (χ3n) is 5.01. The molecule has 27 heavy (non-hydrogen) atoms. The quantitative estimate of drug-likeness (QED) is 0.649. The van der Waals surface area contributed by atoms with Gasteiger partial charge in [0.25, 0.3) is 0 Å². The van der Waals surface area contributed by atoms with E-state index in [4.69, 9.17) is 11.5 Å². The summed E-state index contributed by atoms with van der Waals surface area (Å²) in [6.45, 7) is 0. The van der Waals surface area contributed by atoms with Crippen LogP contribution in [0.2, 0.25) is 0 Å². The third-order valence-corrected chi connectivity index (χ3v) is 5.01. The summed E-state index contributed by atoms with van der Waals surface area (Å²) in [7, 11) is 0. The van der Waals surface area contributed by atoms with Crippen molar-refractivity contribution >= 4 is 17.2 Å². The van der Waals surface area contributed by atoms with Gasteiger partial charge in [-0.3, -0.25) is 9.98 Å². The van der Waals surface area contributed by atoms with E-state index in [0.717, 1.165) is 33.4 Å². The number of H-pyrrole nitrogens is 1. The summed E-state index contributed by atoms with van der Waals surface area (Å²) in [5, 5.41) is 0.918. The van der Waals surface area contributed by atoms with Gasteiger partial charge in [-0.2, -0.15) is 0 Å². The van der Waals surface area contributed by atoms with Gasteiger partial charge in [0.05, 0.1) is 11.4 Å². The van der Waals surface area contributed by atoms with Crippen molar-refractivity contribution in [3.8, 4) is 11.3 Å². The number of aromatic amines is 1. The lowest BCUT2D eigenvalue weighted by Crippen LogP contribution is -2.43. The normalized spacial score (nSPS) is 23.9. The van der Waals surface area contributed by atoms with Gasteiger partial charge in [0.2, 0.25) is 0 Å². The average molecular weight is 355 g/mol. The molecule has 0 bridgehead atoms. The molecular weight excluding hydrogens is 338 g/mol. The fraction of sp³-hybridized carbons (Fsp3) is 0.100.